The van der Waals surface area contributed by atoms with E-state index in [0.29, 0.717) is 13.0 Å². The van der Waals surface area contributed by atoms with Crippen molar-refractivity contribution in [2.45, 2.75) is 33.7 Å². The van der Waals surface area contributed by atoms with Crippen LogP contribution in [0, 0.1) is 5.41 Å². The third-order valence-corrected chi connectivity index (χ3v) is 3.79. The van der Waals surface area contributed by atoms with Crippen LogP contribution in [0.5, 0.6) is 0 Å². The van der Waals surface area contributed by atoms with Crippen molar-refractivity contribution in [1.82, 2.24) is 4.72 Å². The van der Waals surface area contributed by atoms with Crippen LogP contribution in [-0.4, -0.2) is 14.2 Å². The number of hydrogen-bond acceptors (Lipinski definition) is 2. The van der Waals surface area contributed by atoms with E-state index in [1.54, 1.807) is 0 Å². The van der Waals surface area contributed by atoms with E-state index in [0.717, 1.165) is 5.56 Å². The van der Waals surface area contributed by atoms with E-state index < -0.39 is 10.0 Å². The van der Waals surface area contributed by atoms with E-state index in [1.165, 1.54) is 0 Å². The minimum atomic E-state index is -3.16. The molecule has 0 amide bonds. The van der Waals surface area contributed by atoms with E-state index in [9.17, 15) is 8.42 Å². The Morgan fingerprint density at radius 2 is 1.71 bits per heavy atom. The van der Waals surface area contributed by atoms with Crippen LogP contribution >= 0.6 is 0 Å². The maximum atomic E-state index is 11.7. The minimum Gasteiger partial charge on any atom is -0.212 e. The molecule has 0 saturated carbocycles. The van der Waals surface area contributed by atoms with E-state index >= 15 is 0 Å². The fourth-order valence-electron chi connectivity index (χ4n) is 1.30. The number of benzene rings is 1. The Hall–Kier alpha value is -0.870. The molecule has 0 aromatic heterocycles. The summed E-state index contributed by atoms with van der Waals surface area (Å²) < 4.78 is 26.1. The average molecular weight is 255 g/mol. The second kappa shape index (κ2) is 5.65. The molecule has 0 aliphatic carbocycles. The van der Waals surface area contributed by atoms with Crippen molar-refractivity contribution in [3.63, 3.8) is 0 Å². The fraction of sp³-hybridized carbons (Fsp3) is 0.538. The maximum Gasteiger partial charge on any atom is 0.211 e. The van der Waals surface area contributed by atoms with Crippen molar-refractivity contribution in [2.24, 2.45) is 5.41 Å². The highest BCUT2D eigenvalue weighted by Gasteiger charge is 2.16. The summed E-state index contributed by atoms with van der Waals surface area (Å²) in [7, 11) is -3.16. The summed E-state index contributed by atoms with van der Waals surface area (Å²) in [5.74, 6) is 0.184. The van der Waals surface area contributed by atoms with Gasteiger partial charge in [-0.1, -0.05) is 51.1 Å². The number of sulfonamides is 1. The SMILES string of the molecule is CC(C)(C)CCS(=O)(=O)NCc1ccccc1. The quantitative estimate of drug-likeness (QED) is 0.879. The van der Waals surface area contributed by atoms with E-state index in [4.69, 9.17) is 0 Å². The van der Waals surface area contributed by atoms with Crippen LogP contribution in [0.2, 0.25) is 0 Å². The van der Waals surface area contributed by atoms with Crippen LogP contribution in [-0.2, 0) is 16.6 Å². The Kier molecular flexibility index (Phi) is 4.71. The third kappa shape index (κ3) is 6.44. The molecule has 0 aliphatic rings. The van der Waals surface area contributed by atoms with E-state index in [2.05, 4.69) is 4.72 Å². The number of hydrogen-bond donors (Lipinski definition) is 1. The normalized spacial score (nSPS) is 12.6. The van der Waals surface area contributed by atoms with Gasteiger partial charge in [-0.2, -0.15) is 0 Å². The summed E-state index contributed by atoms with van der Waals surface area (Å²) in [5.41, 5.74) is 1.02. The summed E-state index contributed by atoms with van der Waals surface area (Å²) in [6.45, 7) is 6.49. The largest absolute Gasteiger partial charge is 0.212 e. The Morgan fingerprint density at radius 1 is 1.12 bits per heavy atom. The first-order chi connectivity index (χ1) is 7.79. The van der Waals surface area contributed by atoms with Crippen molar-refractivity contribution in [1.29, 1.82) is 0 Å². The van der Waals surface area contributed by atoms with Gasteiger partial charge in [0.1, 0.15) is 0 Å². The second-order valence-electron chi connectivity index (χ2n) is 5.44. The molecule has 1 aromatic carbocycles. The monoisotopic (exact) mass is 255 g/mol. The van der Waals surface area contributed by atoms with Crippen LogP contribution < -0.4 is 4.72 Å². The lowest BCUT2D eigenvalue weighted by Crippen LogP contribution is -2.27. The lowest BCUT2D eigenvalue weighted by Gasteiger charge is -2.17. The Balaban J connectivity index is 2.46. The Morgan fingerprint density at radius 3 is 2.24 bits per heavy atom. The highest BCUT2D eigenvalue weighted by Crippen LogP contribution is 2.18. The average Bonchev–Trinajstić information content (AvgIpc) is 2.25. The summed E-state index contributed by atoms with van der Waals surface area (Å²) in [6.07, 6.45) is 0.664. The zero-order chi connectivity index (χ0) is 12.9. The predicted octanol–water partition coefficient (Wildman–Crippen LogP) is 2.54. The highest BCUT2D eigenvalue weighted by atomic mass is 32.2. The van der Waals surface area contributed by atoms with E-state index in [-0.39, 0.29) is 11.2 Å². The summed E-state index contributed by atoms with van der Waals surface area (Å²) in [6, 6.07) is 9.54. The standard InChI is InChI=1S/C13H21NO2S/c1-13(2,3)9-10-17(15,16)14-11-12-7-5-4-6-8-12/h4-8,14H,9-11H2,1-3H3. The molecule has 4 heteroatoms. The van der Waals surface area contributed by atoms with Gasteiger partial charge in [0.15, 0.2) is 0 Å². The Bertz CT molecular complexity index is 432. The van der Waals surface area contributed by atoms with Crippen LogP contribution in [0.1, 0.15) is 32.8 Å². The lowest BCUT2D eigenvalue weighted by molar-refractivity contribution is 0.396. The molecule has 0 aliphatic heterocycles. The molecule has 1 aromatic rings. The zero-order valence-corrected chi connectivity index (χ0v) is 11.5. The fourth-order valence-corrected chi connectivity index (χ4v) is 2.71. The first-order valence-corrected chi connectivity index (χ1v) is 7.45. The lowest BCUT2D eigenvalue weighted by atomic mass is 9.94. The van der Waals surface area contributed by atoms with Gasteiger partial charge in [0.05, 0.1) is 5.75 Å². The van der Waals surface area contributed by atoms with Gasteiger partial charge in [-0.15, -0.1) is 0 Å². The molecule has 0 unspecified atom stereocenters. The van der Waals surface area contributed by atoms with Gasteiger partial charge in [-0.05, 0) is 17.4 Å². The number of rotatable bonds is 5. The molecule has 0 spiro atoms. The molecule has 3 nitrogen and oxygen atoms in total. The second-order valence-corrected chi connectivity index (χ2v) is 7.36. The summed E-state index contributed by atoms with van der Waals surface area (Å²) in [4.78, 5) is 0. The van der Waals surface area contributed by atoms with Crippen molar-refractivity contribution in [2.75, 3.05) is 5.75 Å². The summed E-state index contributed by atoms with van der Waals surface area (Å²) in [5, 5.41) is 0. The predicted molar refractivity (Wildman–Crippen MR) is 71.1 cm³/mol. The molecule has 96 valence electrons. The van der Waals surface area contributed by atoms with Gasteiger partial charge in [-0.25, -0.2) is 13.1 Å². The van der Waals surface area contributed by atoms with Crippen LogP contribution in [0.15, 0.2) is 30.3 Å². The van der Waals surface area contributed by atoms with Crippen molar-refractivity contribution < 1.29 is 8.42 Å². The first-order valence-electron chi connectivity index (χ1n) is 5.80. The van der Waals surface area contributed by atoms with Crippen LogP contribution in [0.3, 0.4) is 0 Å². The topological polar surface area (TPSA) is 46.2 Å². The van der Waals surface area contributed by atoms with Gasteiger partial charge in [0.25, 0.3) is 0 Å². The number of nitrogens with one attached hydrogen (secondary N) is 1. The third-order valence-electron chi connectivity index (χ3n) is 2.46. The molecule has 1 N–H and O–H groups in total. The van der Waals surface area contributed by atoms with Crippen molar-refractivity contribution in [3.05, 3.63) is 35.9 Å². The maximum absolute atomic E-state index is 11.7. The molecule has 0 atom stereocenters. The van der Waals surface area contributed by atoms with Crippen LogP contribution in [0.25, 0.3) is 0 Å². The smallest absolute Gasteiger partial charge is 0.211 e. The van der Waals surface area contributed by atoms with Gasteiger partial charge in [0, 0.05) is 6.54 Å². The molecule has 0 fully saturated rings. The first kappa shape index (κ1) is 14.2. The van der Waals surface area contributed by atoms with Gasteiger partial charge < -0.3 is 0 Å². The van der Waals surface area contributed by atoms with Gasteiger partial charge in [-0.3, -0.25) is 0 Å². The molecule has 0 heterocycles. The molecule has 0 radical (unpaired) electrons. The van der Waals surface area contributed by atoms with Gasteiger partial charge in [0.2, 0.25) is 10.0 Å². The minimum absolute atomic E-state index is 0.0432. The summed E-state index contributed by atoms with van der Waals surface area (Å²) >= 11 is 0. The molecule has 1 rings (SSSR count). The van der Waals surface area contributed by atoms with Gasteiger partial charge >= 0.3 is 0 Å². The van der Waals surface area contributed by atoms with E-state index in [1.807, 2.05) is 51.1 Å². The highest BCUT2D eigenvalue weighted by molar-refractivity contribution is 7.89. The molecule has 0 saturated heterocycles. The van der Waals surface area contributed by atoms with Crippen molar-refractivity contribution >= 4 is 10.0 Å². The molecule has 0 bridgehead atoms. The Labute approximate surface area is 104 Å². The zero-order valence-electron chi connectivity index (χ0n) is 10.7. The molecular weight excluding hydrogens is 234 g/mol. The molecule has 17 heavy (non-hydrogen) atoms. The molecular formula is C13H21NO2S. The van der Waals surface area contributed by atoms with Crippen molar-refractivity contribution in [3.8, 4) is 0 Å². The van der Waals surface area contributed by atoms with Crippen LogP contribution in [0.4, 0.5) is 0 Å².